The van der Waals surface area contributed by atoms with E-state index in [1.54, 1.807) is 55.0 Å². The van der Waals surface area contributed by atoms with E-state index in [0.29, 0.717) is 21.4 Å². The number of hydrogen-bond acceptors (Lipinski definition) is 8. The lowest BCUT2D eigenvalue weighted by molar-refractivity contribution is -0.384. The molecule has 1 aliphatic heterocycles. The average Bonchev–Trinajstić information content (AvgIpc) is 3.39. The zero-order chi connectivity index (χ0) is 21.6. The van der Waals surface area contributed by atoms with Crippen molar-refractivity contribution in [2.24, 2.45) is 10.2 Å². The van der Waals surface area contributed by atoms with Crippen LogP contribution in [0.1, 0.15) is 16.9 Å². The number of nitrogens with zero attached hydrogens (tertiary/aromatic N) is 5. The van der Waals surface area contributed by atoms with E-state index in [2.05, 4.69) is 15.2 Å². The third kappa shape index (κ3) is 4.93. The number of amidine groups is 1. The Labute approximate surface area is 181 Å². The molecule has 0 aliphatic carbocycles. The summed E-state index contributed by atoms with van der Waals surface area (Å²) in [6.07, 6.45) is 8.06. The zero-order valence-corrected chi connectivity index (χ0v) is 16.8. The fourth-order valence-electron chi connectivity index (χ4n) is 2.72. The minimum Gasteiger partial charge on any atom is -0.467 e. The summed E-state index contributed by atoms with van der Waals surface area (Å²) in [6, 6.07) is 13.1. The lowest BCUT2D eigenvalue weighted by Gasteiger charge is -2.12. The van der Waals surface area contributed by atoms with Gasteiger partial charge in [-0.1, -0.05) is 6.07 Å². The summed E-state index contributed by atoms with van der Waals surface area (Å²) >= 11 is 1.17. The molecule has 0 N–H and O–H groups in total. The first kappa shape index (κ1) is 20.2. The van der Waals surface area contributed by atoms with Crippen LogP contribution in [0.15, 0.2) is 86.7 Å². The molecule has 1 aromatic carbocycles. The third-order valence-electron chi connectivity index (χ3n) is 4.22. The van der Waals surface area contributed by atoms with E-state index in [1.807, 2.05) is 6.07 Å². The fraction of sp³-hybridized carbons (Fsp3) is 0.0476. The number of pyridine rings is 1. The van der Waals surface area contributed by atoms with Crippen molar-refractivity contribution in [1.29, 1.82) is 0 Å². The normalized spacial score (nSPS) is 16.6. The maximum absolute atomic E-state index is 13.0. The van der Waals surface area contributed by atoms with Gasteiger partial charge in [0.1, 0.15) is 5.76 Å². The second kappa shape index (κ2) is 9.18. The number of nitro groups is 1. The Bertz CT molecular complexity index is 1170. The molecule has 4 rings (SSSR count). The van der Waals surface area contributed by atoms with E-state index < -0.39 is 4.92 Å². The maximum Gasteiger partial charge on any atom is 0.269 e. The number of carbonyl (C=O) groups excluding carboxylic acids is 1. The molecular weight excluding hydrogens is 418 g/mol. The molecule has 1 amide bonds. The standard InChI is InChI=1S/C21H15N5O4S/c27-20-19(11-15-5-7-17(8-6-15)26(28)29)31-21(25(20)14-18-4-2-10-30-18)24-23-13-16-3-1-9-22-12-16/h1-13H,14H2/b19-11-,23-13-,24-21+. The Morgan fingerprint density at radius 2 is 2.00 bits per heavy atom. The average molecular weight is 433 g/mol. The van der Waals surface area contributed by atoms with E-state index in [4.69, 9.17) is 4.42 Å². The van der Waals surface area contributed by atoms with Gasteiger partial charge in [-0.2, -0.15) is 5.10 Å². The quantitative estimate of drug-likeness (QED) is 0.250. The number of nitro benzene ring substituents is 1. The monoisotopic (exact) mass is 433 g/mol. The van der Waals surface area contributed by atoms with Gasteiger partial charge in [0.2, 0.25) is 0 Å². The molecule has 0 bridgehead atoms. The number of non-ortho nitro benzene ring substituents is 1. The van der Waals surface area contributed by atoms with Crippen LogP contribution in [-0.4, -0.2) is 32.1 Å². The number of carbonyl (C=O) groups is 1. The van der Waals surface area contributed by atoms with Gasteiger partial charge in [0.25, 0.3) is 11.6 Å². The van der Waals surface area contributed by atoms with Gasteiger partial charge >= 0.3 is 0 Å². The van der Waals surface area contributed by atoms with Crippen molar-refractivity contribution in [2.75, 3.05) is 0 Å². The number of rotatable bonds is 6. The first-order valence-corrected chi connectivity index (χ1v) is 9.91. The van der Waals surface area contributed by atoms with Crippen LogP contribution in [0.2, 0.25) is 0 Å². The summed E-state index contributed by atoms with van der Waals surface area (Å²) in [5, 5.41) is 19.5. The van der Waals surface area contributed by atoms with Crippen LogP contribution in [0.4, 0.5) is 5.69 Å². The second-order valence-electron chi connectivity index (χ2n) is 6.34. The molecular formula is C21H15N5O4S. The van der Waals surface area contributed by atoms with Crippen LogP contribution in [0.5, 0.6) is 0 Å². The summed E-state index contributed by atoms with van der Waals surface area (Å²) in [5.74, 6) is 0.351. The first-order chi connectivity index (χ1) is 15.1. The van der Waals surface area contributed by atoms with Crippen molar-refractivity contribution in [3.05, 3.63) is 99.1 Å². The number of amides is 1. The van der Waals surface area contributed by atoms with E-state index >= 15 is 0 Å². The molecule has 9 nitrogen and oxygen atoms in total. The number of thioether (sulfide) groups is 1. The van der Waals surface area contributed by atoms with E-state index in [0.717, 1.165) is 5.56 Å². The van der Waals surface area contributed by atoms with Crippen LogP contribution < -0.4 is 0 Å². The topological polar surface area (TPSA) is 114 Å². The lowest BCUT2D eigenvalue weighted by atomic mass is 10.2. The second-order valence-corrected chi connectivity index (χ2v) is 7.35. The maximum atomic E-state index is 13.0. The Balaban J connectivity index is 1.60. The predicted molar refractivity (Wildman–Crippen MR) is 117 cm³/mol. The molecule has 0 atom stereocenters. The third-order valence-corrected chi connectivity index (χ3v) is 5.22. The minimum atomic E-state index is -0.470. The molecule has 0 spiro atoms. The van der Waals surface area contributed by atoms with Crippen LogP contribution in [-0.2, 0) is 11.3 Å². The minimum absolute atomic E-state index is 0.0148. The molecule has 1 fully saturated rings. The molecule has 31 heavy (non-hydrogen) atoms. The largest absolute Gasteiger partial charge is 0.467 e. The van der Waals surface area contributed by atoms with Crippen molar-refractivity contribution < 1.29 is 14.1 Å². The molecule has 0 radical (unpaired) electrons. The van der Waals surface area contributed by atoms with Crippen molar-refractivity contribution in [3.8, 4) is 0 Å². The summed E-state index contributed by atoms with van der Waals surface area (Å²) in [6.45, 7) is 0.206. The summed E-state index contributed by atoms with van der Waals surface area (Å²) < 4.78 is 5.37. The van der Waals surface area contributed by atoms with Crippen LogP contribution in [0, 0.1) is 10.1 Å². The highest BCUT2D eigenvalue weighted by molar-refractivity contribution is 8.18. The van der Waals surface area contributed by atoms with E-state index in [1.165, 1.54) is 35.1 Å². The molecule has 1 aliphatic rings. The van der Waals surface area contributed by atoms with Gasteiger partial charge in [0.05, 0.1) is 28.9 Å². The number of hydrogen-bond donors (Lipinski definition) is 0. The summed E-state index contributed by atoms with van der Waals surface area (Å²) in [4.78, 5) is 29.3. The van der Waals surface area contributed by atoms with Gasteiger partial charge in [-0.05, 0) is 53.7 Å². The van der Waals surface area contributed by atoms with Gasteiger partial charge in [-0.25, -0.2) is 0 Å². The smallest absolute Gasteiger partial charge is 0.269 e. The van der Waals surface area contributed by atoms with Crippen molar-refractivity contribution in [2.45, 2.75) is 6.54 Å². The van der Waals surface area contributed by atoms with Crippen molar-refractivity contribution in [3.63, 3.8) is 0 Å². The molecule has 154 valence electrons. The Morgan fingerprint density at radius 3 is 2.68 bits per heavy atom. The van der Waals surface area contributed by atoms with Crippen LogP contribution in [0.3, 0.4) is 0 Å². The predicted octanol–water partition coefficient (Wildman–Crippen LogP) is 4.09. The number of furan rings is 1. The fourth-order valence-corrected chi connectivity index (χ4v) is 3.66. The molecule has 1 saturated heterocycles. The van der Waals surface area contributed by atoms with Crippen LogP contribution in [0.25, 0.3) is 6.08 Å². The molecule has 10 heteroatoms. The Morgan fingerprint density at radius 1 is 1.16 bits per heavy atom. The van der Waals surface area contributed by atoms with E-state index in [9.17, 15) is 14.9 Å². The molecule has 0 unspecified atom stereocenters. The Kier molecular flexibility index (Phi) is 5.99. The van der Waals surface area contributed by atoms with Gasteiger partial charge in [0.15, 0.2) is 5.17 Å². The highest BCUT2D eigenvalue weighted by Gasteiger charge is 2.34. The highest BCUT2D eigenvalue weighted by Crippen LogP contribution is 2.34. The molecule has 2 aromatic heterocycles. The Hall–Kier alpha value is -4.05. The molecule has 3 aromatic rings. The molecule has 0 saturated carbocycles. The SMILES string of the molecule is O=C1/C(=C/c2ccc([N+](=O)[O-])cc2)S/C(=N/N=C\c2cccnc2)N1Cc1ccco1. The van der Waals surface area contributed by atoms with Gasteiger partial charge in [0, 0.05) is 30.1 Å². The lowest BCUT2D eigenvalue weighted by Crippen LogP contribution is -2.28. The van der Waals surface area contributed by atoms with E-state index in [-0.39, 0.29) is 18.1 Å². The first-order valence-electron chi connectivity index (χ1n) is 9.09. The number of aromatic nitrogens is 1. The van der Waals surface area contributed by atoms with Crippen molar-refractivity contribution in [1.82, 2.24) is 9.88 Å². The molecule has 3 heterocycles. The van der Waals surface area contributed by atoms with Gasteiger partial charge in [-0.3, -0.25) is 24.8 Å². The van der Waals surface area contributed by atoms with Gasteiger partial charge < -0.3 is 4.42 Å². The highest BCUT2D eigenvalue weighted by atomic mass is 32.2. The van der Waals surface area contributed by atoms with Gasteiger partial charge in [-0.15, -0.1) is 5.10 Å². The summed E-state index contributed by atoms with van der Waals surface area (Å²) in [5.41, 5.74) is 1.43. The van der Waals surface area contributed by atoms with Crippen molar-refractivity contribution >= 4 is 40.8 Å². The van der Waals surface area contributed by atoms with Crippen LogP contribution >= 0.6 is 11.8 Å². The zero-order valence-electron chi connectivity index (χ0n) is 16.0. The summed E-state index contributed by atoms with van der Waals surface area (Å²) in [7, 11) is 0. The number of benzene rings is 1.